The molecule has 0 saturated heterocycles. The first kappa shape index (κ1) is 11.8. The van der Waals surface area contributed by atoms with E-state index in [9.17, 15) is 4.79 Å². The maximum Gasteiger partial charge on any atom is 0.127 e. The first-order chi connectivity index (χ1) is 7.22. The SMILES string of the molecule is CCOc1cc(C(C)C=O)ccc1CC. The van der Waals surface area contributed by atoms with Crippen LogP contribution < -0.4 is 4.74 Å². The number of aryl methyl sites for hydroxylation is 1. The highest BCUT2D eigenvalue weighted by atomic mass is 16.5. The predicted molar refractivity (Wildman–Crippen MR) is 61.5 cm³/mol. The number of hydrogen-bond acceptors (Lipinski definition) is 2. The summed E-state index contributed by atoms with van der Waals surface area (Å²) in [5.74, 6) is 0.848. The van der Waals surface area contributed by atoms with E-state index in [4.69, 9.17) is 4.74 Å². The molecule has 0 heterocycles. The Morgan fingerprint density at radius 3 is 2.67 bits per heavy atom. The maximum atomic E-state index is 10.7. The molecule has 0 aliphatic carbocycles. The van der Waals surface area contributed by atoms with Gasteiger partial charge in [0.1, 0.15) is 12.0 Å². The van der Waals surface area contributed by atoms with Gasteiger partial charge < -0.3 is 9.53 Å². The van der Waals surface area contributed by atoms with Crippen LogP contribution in [0.3, 0.4) is 0 Å². The van der Waals surface area contributed by atoms with E-state index in [1.807, 2.05) is 32.0 Å². The Bertz CT molecular complexity index is 331. The monoisotopic (exact) mass is 206 g/mol. The third-order valence-electron chi connectivity index (χ3n) is 2.50. The molecule has 2 nitrogen and oxygen atoms in total. The predicted octanol–water partition coefficient (Wildman–Crippen LogP) is 2.95. The first-order valence-corrected chi connectivity index (χ1v) is 5.43. The largest absolute Gasteiger partial charge is 0.494 e. The standard InChI is InChI=1S/C13H18O2/c1-4-11-6-7-12(10(3)9-14)8-13(11)15-5-2/h6-10H,4-5H2,1-3H3. The van der Waals surface area contributed by atoms with Crippen molar-refractivity contribution in [3.8, 4) is 5.75 Å². The van der Waals surface area contributed by atoms with Crippen LogP contribution in [0, 0.1) is 0 Å². The molecule has 15 heavy (non-hydrogen) atoms. The molecule has 2 heteroatoms. The zero-order valence-corrected chi connectivity index (χ0v) is 9.62. The molecule has 82 valence electrons. The highest BCUT2D eigenvalue weighted by Crippen LogP contribution is 2.24. The molecule has 0 saturated carbocycles. The molecular weight excluding hydrogens is 188 g/mol. The minimum absolute atomic E-state index is 0.0601. The van der Waals surface area contributed by atoms with Gasteiger partial charge in [-0.3, -0.25) is 0 Å². The summed E-state index contributed by atoms with van der Waals surface area (Å²) < 4.78 is 5.55. The van der Waals surface area contributed by atoms with E-state index in [-0.39, 0.29) is 5.92 Å². The van der Waals surface area contributed by atoms with E-state index in [0.29, 0.717) is 6.61 Å². The number of carbonyl (C=O) groups excluding carboxylic acids is 1. The van der Waals surface area contributed by atoms with Gasteiger partial charge in [0.25, 0.3) is 0 Å². The Hall–Kier alpha value is -1.31. The molecule has 0 spiro atoms. The first-order valence-electron chi connectivity index (χ1n) is 5.43. The summed E-state index contributed by atoms with van der Waals surface area (Å²) >= 11 is 0. The highest BCUT2D eigenvalue weighted by Gasteiger charge is 2.08. The lowest BCUT2D eigenvalue weighted by Crippen LogP contribution is -2.00. The van der Waals surface area contributed by atoms with E-state index in [1.54, 1.807) is 0 Å². The van der Waals surface area contributed by atoms with Gasteiger partial charge in [-0.2, -0.15) is 0 Å². The molecule has 0 N–H and O–H groups in total. The van der Waals surface area contributed by atoms with Gasteiger partial charge >= 0.3 is 0 Å². The van der Waals surface area contributed by atoms with Crippen molar-refractivity contribution >= 4 is 6.29 Å². The molecule has 0 bridgehead atoms. The summed E-state index contributed by atoms with van der Waals surface area (Å²) in [5, 5.41) is 0. The van der Waals surface area contributed by atoms with Crippen molar-refractivity contribution in [3.05, 3.63) is 29.3 Å². The number of benzene rings is 1. The second kappa shape index (κ2) is 5.54. The molecule has 0 aliphatic heterocycles. The molecule has 1 aromatic carbocycles. The Morgan fingerprint density at radius 2 is 2.13 bits per heavy atom. The average molecular weight is 206 g/mol. The summed E-state index contributed by atoms with van der Waals surface area (Å²) in [6.45, 7) is 6.62. The van der Waals surface area contributed by atoms with Crippen molar-refractivity contribution in [2.45, 2.75) is 33.1 Å². The molecule has 1 atom stereocenters. The topological polar surface area (TPSA) is 26.3 Å². The van der Waals surface area contributed by atoms with Gasteiger partial charge in [0.05, 0.1) is 6.61 Å². The van der Waals surface area contributed by atoms with Crippen molar-refractivity contribution in [3.63, 3.8) is 0 Å². The number of aldehydes is 1. The van der Waals surface area contributed by atoms with Crippen LogP contribution in [0.4, 0.5) is 0 Å². The van der Waals surface area contributed by atoms with Gasteiger partial charge in [0.15, 0.2) is 0 Å². The van der Waals surface area contributed by atoms with Crippen LogP contribution >= 0.6 is 0 Å². The van der Waals surface area contributed by atoms with Crippen molar-refractivity contribution in [2.24, 2.45) is 0 Å². The van der Waals surface area contributed by atoms with E-state index < -0.39 is 0 Å². The van der Waals surface area contributed by atoms with E-state index in [1.165, 1.54) is 5.56 Å². The van der Waals surface area contributed by atoms with Gasteiger partial charge in [-0.05, 0) is 30.5 Å². The molecule has 0 fully saturated rings. The van der Waals surface area contributed by atoms with Crippen molar-refractivity contribution in [1.82, 2.24) is 0 Å². The quantitative estimate of drug-likeness (QED) is 0.692. The summed E-state index contributed by atoms with van der Waals surface area (Å²) in [4.78, 5) is 10.7. The summed E-state index contributed by atoms with van der Waals surface area (Å²) in [5.41, 5.74) is 2.21. The molecule has 1 aromatic rings. The molecular formula is C13H18O2. The molecule has 0 aliphatic rings. The van der Waals surface area contributed by atoms with E-state index in [0.717, 1.165) is 24.0 Å². The third kappa shape index (κ3) is 2.82. The smallest absolute Gasteiger partial charge is 0.127 e. The zero-order chi connectivity index (χ0) is 11.3. The molecule has 0 aromatic heterocycles. The van der Waals surface area contributed by atoms with Crippen LogP contribution in [-0.2, 0) is 11.2 Å². The molecule has 0 radical (unpaired) electrons. The van der Waals surface area contributed by atoms with Gasteiger partial charge in [-0.15, -0.1) is 0 Å². The van der Waals surface area contributed by atoms with Gasteiger partial charge in [0, 0.05) is 5.92 Å². The van der Waals surface area contributed by atoms with E-state index in [2.05, 4.69) is 6.92 Å². The Balaban J connectivity index is 3.03. The minimum atomic E-state index is -0.0601. The third-order valence-corrected chi connectivity index (χ3v) is 2.50. The van der Waals surface area contributed by atoms with Crippen LogP contribution in [-0.4, -0.2) is 12.9 Å². The van der Waals surface area contributed by atoms with Gasteiger partial charge in [-0.1, -0.05) is 26.0 Å². The zero-order valence-electron chi connectivity index (χ0n) is 9.62. The fourth-order valence-corrected chi connectivity index (χ4v) is 1.51. The van der Waals surface area contributed by atoms with Gasteiger partial charge in [0.2, 0.25) is 0 Å². The van der Waals surface area contributed by atoms with Crippen LogP contribution in [0.15, 0.2) is 18.2 Å². The van der Waals surface area contributed by atoms with Crippen LogP contribution in [0.2, 0.25) is 0 Å². The fraction of sp³-hybridized carbons (Fsp3) is 0.462. The maximum absolute atomic E-state index is 10.7. The van der Waals surface area contributed by atoms with Gasteiger partial charge in [-0.25, -0.2) is 0 Å². The Labute approximate surface area is 91.3 Å². The second-order valence-electron chi connectivity index (χ2n) is 3.58. The van der Waals surface area contributed by atoms with E-state index >= 15 is 0 Å². The Morgan fingerprint density at radius 1 is 1.40 bits per heavy atom. The van der Waals surface area contributed by atoms with Crippen LogP contribution in [0.25, 0.3) is 0 Å². The summed E-state index contributed by atoms with van der Waals surface area (Å²) in [7, 11) is 0. The summed E-state index contributed by atoms with van der Waals surface area (Å²) in [6, 6.07) is 6.02. The number of carbonyl (C=O) groups is 1. The average Bonchev–Trinajstić information content (AvgIpc) is 2.28. The molecule has 1 rings (SSSR count). The Kier molecular flexibility index (Phi) is 4.35. The lowest BCUT2D eigenvalue weighted by atomic mass is 10.00. The normalized spacial score (nSPS) is 12.2. The van der Waals surface area contributed by atoms with Crippen LogP contribution in [0.1, 0.15) is 37.8 Å². The number of ether oxygens (including phenoxy) is 1. The van der Waals surface area contributed by atoms with Crippen molar-refractivity contribution in [2.75, 3.05) is 6.61 Å². The van der Waals surface area contributed by atoms with Crippen LogP contribution in [0.5, 0.6) is 5.75 Å². The lowest BCUT2D eigenvalue weighted by Gasteiger charge is -2.12. The second-order valence-corrected chi connectivity index (χ2v) is 3.58. The number of rotatable bonds is 5. The minimum Gasteiger partial charge on any atom is -0.494 e. The fourth-order valence-electron chi connectivity index (χ4n) is 1.51. The van der Waals surface area contributed by atoms with Crippen molar-refractivity contribution in [1.29, 1.82) is 0 Å². The van der Waals surface area contributed by atoms with Crippen molar-refractivity contribution < 1.29 is 9.53 Å². The number of hydrogen-bond donors (Lipinski definition) is 0. The molecule has 0 amide bonds. The highest BCUT2D eigenvalue weighted by molar-refractivity contribution is 5.62. The summed E-state index contributed by atoms with van der Waals surface area (Å²) in [6.07, 6.45) is 1.90. The molecule has 1 unspecified atom stereocenters. The lowest BCUT2D eigenvalue weighted by molar-refractivity contribution is -0.108.